The van der Waals surface area contributed by atoms with Crippen LogP contribution in [-0.4, -0.2) is 21.9 Å². The Morgan fingerprint density at radius 1 is 0.718 bits per heavy atom. The van der Waals surface area contributed by atoms with Crippen LogP contribution in [0.4, 0.5) is 0 Å². The highest BCUT2D eigenvalue weighted by molar-refractivity contribution is 5.92. The maximum absolute atomic E-state index is 5.69. The van der Waals surface area contributed by atoms with Crippen molar-refractivity contribution in [3.63, 3.8) is 0 Å². The van der Waals surface area contributed by atoms with Crippen LogP contribution in [0.1, 0.15) is 34.2 Å². The molecular weight excluding hydrogens is 478 g/mol. The predicted molar refractivity (Wildman–Crippen MR) is 156 cm³/mol. The second-order valence-corrected chi connectivity index (χ2v) is 10.1. The van der Waals surface area contributed by atoms with Crippen molar-refractivity contribution >= 4 is 11.0 Å². The fraction of sp³-hybridized carbons (Fsp3) is 0.143. The minimum Gasteiger partial charge on any atom is -0.495 e. The molecule has 0 amide bonds. The molecule has 0 fully saturated rings. The van der Waals surface area contributed by atoms with Crippen molar-refractivity contribution < 1.29 is 4.74 Å². The van der Waals surface area contributed by atoms with Gasteiger partial charge in [-0.05, 0) is 47.1 Å². The van der Waals surface area contributed by atoms with Gasteiger partial charge >= 0.3 is 0 Å². The van der Waals surface area contributed by atoms with Gasteiger partial charge in [0.15, 0.2) is 0 Å². The molecular formula is C35H29N3O. The number of hydrogen-bond acceptors (Lipinski definition) is 3. The van der Waals surface area contributed by atoms with E-state index in [0.717, 1.165) is 46.3 Å². The molecule has 0 spiro atoms. The largest absolute Gasteiger partial charge is 0.495 e. The monoisotopic (exact) mass is 507 g/mol. The third-order valence-corrected chi connectivity index (χ3v) is 8.02. The van der Waals surface area contributed by atoms with Crippen LogP contribution in [-0.2, 0) is 18.4 Å². The van der Waals surface area contributed by atoms with E-state index in [1.807, 2.05) is 0 Å². The van der Waals surface area contributed by atoms with Crippen molar-refractivity contribution in [3.8, 4) is 17.0 Å². The van der Waals surface area contributed by atoms with Gasteiger partial charge in [-0.15, -0.1) is 0 Å². The molecule has 2 heterocycles. The van der Waals surface area contributed by atoms with Crippen LogP contribution in [0.5, 0.6) is 5.75 Å². The average molecular weight is 508 g/mol. The van der Waals surface area contributed by atoms with Crippen molar-refractivity contribution in [2.45, 2.75) is 24.8 Å². The number of nitrogens with zero attached hydrogens (tertiary/aromatic N) is 3. The molecule has 6 aromatic rings. The first kappa shape index (κ1) is 23.4. The van der Waals surface area contributed by atoms with E-state index in [-0.39, 0.29) is 0 Å². The molecule has 4 aromatic carbocycles. The lowest BCUT2D eigenvalue weighted by atomic mass is 9.77. The predicted octanol–water partition coefficient (Wildman–Crippen LogP) is 7.44. The number of methoxy groups -OCH3 is 1. The summed E-state index contributed by atoms with van der Waals surface area (Å²) >= 11 is 0. The summed E-state index contributed by atoms with van der Waals surface area (Å²) in [5, 5.41) is 5.51. The Kier molecular flexibility index (Phi) is 5.74. The molecule has 7 rings (SSSR count). The zero-order chi connectivity index (χ0) is 26.2. The lowest BCUT2D eigenvalue weighted by Gasteiger charge is -2.37. The Morgan fingerprint density at radius 3 is 1.92 bits per heavy atom. The second-order valence-electron chi connectivity index (χ2n) is 10.1. The van der Waals surface area contributed by atoms with E-state index in [1.165, 1.54) is 23.1 Å². The van der Waals surface area contributed by atoms with Gasteiger partial charge in [0.05, 0.1) is 18.8 Å². The molecule has 0 radical (unpaired) electrons. The molecule has 1 aliphatic carbocycles. The average Bonchev–Trinajstić information content (AvgIpc) is 3.65. The standard InChI is InChI=1S/C35H29N3O/c1-39-29-23-32-34(36-24-29)33(31-22-12-14-25-13-11-21-30(25)31)37-38(32)35(26-15-5-2-6-16-26,27-17-7-3-8-18-27)28-19-9-4-10-20-28/h2-10,12,14-20,22-24H,11,13,21H2,1H3. The molecule has 0 saturated heterocycles. The van der Waals surface area contributed by atoms with E-state index in [2.05, 4.69) is 120 Å². The fourth-order valence-electron chi connectivity index (χ4n) is 6.28. The molecule has 0 bridgehead atoms. The summed E-state index contributed by atoms with van der Waals surface area (Å²) in [4.78, 5) is 4.96. The van der Waals surface area contributed by atoms with Gasteiger partial charge in [0.1, 0.15) is 22.5 Å². The molecule has 1 aliphatic rings. The van der Waals surface area contributed by atoms with Gasteiger partial charge in [0.25, 0.3) is 0 Å². The van der Waals surface area contributed by atoms with Gasteiger partial charge in [-0.3, -0.25) is 0 Å². The lowest BCUT2D eigenvalue weighted by molar-refractivity contribution is 0.412. The van der Waals surface area contributed by atoms with Crippen LogP contribution < -0.4 is 4.74 Å². The zero-order valence-corrected chi connectivity index (χ0v) is 21.9. The van der Waals surface area contributed by atoms with Crippen LogP contribution in [0.2, 0.25) is 0 Å². The summed E-state index contributed by atoms with van der Waals surface area (Å²) in [6.45, 7) is 0. The highest BCUT2D eigenvalue weighted by atomic mass is 16.5. The number of pyridine rings is 1. The molecule has 4 heteroatoms. The van der Waals surface area contributed by atoms with Crippen LogP contribution in [0, 0.1) is 0 Å². The lowest BCUT2D eigenvalue weighted by Crippen LogP contribution is -2.38. The Bertz CT molecular complexity index is 1660. The van der Waals surface area contributed by atoms with E-state index >= 15 is 0 Å². The molecule has 4 nitrogen and oxygen atoms in total. The number of aryl methyl sites for hydroxylation is 1. The highest BCUT2D eigenvalue weighted by Crippen LogP contribution is 2.45. The minimum atomic E-state index is -0.744. The molecule has 0 N–H and O–H groups in total. The Morgan fingerprint density at radius 2 is 1.33 bits per heavy atom. The molecule has 39 heavy (non-hydrogen) atoms. The van der Waals surface area contributed by atoms with E-state index in [1.54, 1.807) is 13.3 Å². The second kappa shape index (κ2) is 9.55. The number of hydrogen-bond donors (Lipinski definition) is 0. The number of aromatic nitrogens is 3. The van der Waals surface area contributed by atoms with Gasteiger partial charge in [0, 0.05) is 11.6 Å². The summed E-state index contributed by atoms with van der Waals surface area (Å²) in [6.07, 6.45) is 5.16. The summed E-state index contributed by atoms with van der Waals surface area (Å²) in [5.41, 5.74) is 9.34. The number of ether oxygens (including phenoxy) is 1. The van der Waals surface area contributed by atoms with Gasteiger partial charge in [-0.2, -0.15) is 5.10 Å². The van der Waals surface area contributed by atoms with Gasteiger partial charge in [-0.1, -0.05) is 109 Å². The minimum absolute atomic E-state index is 0.705. The molecule has 0 saturated carbocycles. The third-order valence-electron chi connectivity index (χ3n) is 8.02. The van der Waals surface area contributed by atoms with E-state index in [4.69, 9.17) is 14.8 Å². The van der Waals surface area contributed by atoms with Gasteiger partial charge < -0.3 is 4.74 Å². The third kappa shape index (κ3) is 3.67. The zero-order valence-electron chi connectivity index (χ0n) is 21.9. The van der Waals surface area contributed by atoms with E-state index < -0.39 is 5.54 Å². The van der Waals surface area contributed by atoms with Gasteiger partial charge in [0.2, 0.25) is 0 Å². The maximum atomic E-state index is 5.69. The van der Waals surface area contributed by atoms with E-state index in [9.17, 15) is 0 Å². The van der Waals surface area contributed by atoms with Crippen LogP contribution in [0.3, 0.4) is 0 Å². The highest BCUT2D eigenvalue weighted by Gasteiger charge is 2.41. The summed E-state index contributed by atoms with van der Waals surface area (Å²) < 4.78 is 7.87. The maximum Gasteiger partial charge on any atom is 0.139 e. The number of fused-ring (bicyclic) bond motifs is 2. The summed E-state index contributed by atoms with van der Waals surface area (Å²) in [6, 6.07) is 40.7. The van der Waals surface area contributed by atoms with Crippen molar-refractivity contribution in [2.75, 3.05) is 7.11 Å². The first-order chi connectivity index (χ1) is 19.3. The van der Waals surface area contributed by atoms with Crippen molar-refractivity contribution in [2.24, 2.45) is 0 Å². The SMILES string of the molecule is COc1cnc2c(-c3cccc4c3CCC4)nn(C(c3ccccc3)(c3ccccc3)c3ccccc3)c2c1. The van der Waals surface area contributed by atoms with Crippen molar-refractivity contribution in [1.82, 2.24) is 14.8 Å². The Labute approximate surface area is 228 Å². The quantitative estimate of drug-likeness (QED) is 0.220. The normalized spacial score (nSPS) is 12.9. The van der Waals surface area contributed by atoms with Crippen LogP contribution >= 0.6 is 0 Å². The molecule has 0 aliphatic heterocycles. The molecule has 2 aromatic heterocycles. The number of benzene rings is 4. The summed E-state index contributed by atoms with van der Waals surface area (Å²) in [5.74, 6) is 0.705. The van der Waals surface area contributed by atoms with Crippen LogP contribution in [0.15, 0.2) is 121 Å². The first-order valence-electron chi connectivity index (χ1n) is 13.5. The van der Waals surface area contributed by atoms with Crippen LogP contribution in [0.25, 0.3) is 22.3 Å². The fourth-order valence-corrected chi connectivity index (χ4v) is 6.28. The van der Waals surface area contributed by atoms with Gasteiger partial charge in [-0.25, -0.2) is 9.67 Å². The van der Waals surface area contributed by atoms with Crippen molar-refractivity contribution in [1.29, 1.82) is 0 Å². The van der Waals surface area contributed by atoms with E-state index in [0.29, 0.717) is 5.75 Å². The number of rotatable bonds is 6. The topological polar surface area (TPSA) is 39.9 Å². The van der Waals surface area contributed by atoms with Crippen molar-refractivity contribution in [3.05, 3.63) is 149 Å². The first-order valence-corrected chi connectivity index (χ1v) is 13.5. The smallest absolute Gasteiger partial charge is 0.139 e. The summed E-state index contributed by atoms with van der Waals surface area (Å²) in [7, 11) is 1.69. The Balaban J connectivity index is 1.65. The molecule has 190 valence electrons. The molecule has 0 atom stereocenters. The molecule has 0 unspecified atom stereocenters. The Hall–Kier alpha value is -4.70.